The lowest BCUT2D eigenvalue weighted by Gasteiger charge is -2.51. The number of anilines is 18. The molecule has 0 fully saturated rings. The number of rotatable bonds is 4. The number of fused-ring (bicyclic) bond motifs is 23. The topological polar surface area (TPSA) is 80.2 Å². The van der Waals surface area contributed by atoms with Crippen LogP contribution in [0.4, 0.5) is 102 Å². The molecule has 0 N–H and O–H groups in total. The van der Waals surface area contributed by atoms with Crippen molar-refractivity contribution in [3.05, 3.63) is 302 Å². The second kappa shape index (κ2) is 19.3. The highest BCUT2D eigenvalue weighted by atomic mass is 16.3. The maximum absolute atomic E-state index is 12.5. The van der Waals surface area contributed by atoms with E-state index in [0.29, 0.717) is 11.1 Å². The number of nitriles is 2. The Bertz CT molecular complexity index is 5850. The van der Waals surface area contributed by atoms with Gasteiger partial charge in [-0.1, -0.05) is 194 Å². The van der Waals surface area contributed by atoms with E-state index in [4.69, 9.17) is 4.42 Å². The zero-order chi connectivity index (χ0) is 64.6. The fourth-order valence-electron chi connectivity index (χ4n) is 19.1. The third-order valence-electron chi connectivity index (χ3n) is 22.6. The van der Waals surface area contributed by atoms with E-state index in [1.807, 2.05) is 0 Å². The molecule has 8 aliphatic rings. The van der Waals surface area contributed by atoms with Crippen molar-refractivity contribution in [3.8, 4) is 12.1 Å². The summed E-state index contributed by atoms with van der Waals surface area (Å²) in [5, 5.41) is 27.0. The van der Waals surface area contributed by atoms with Crippen molar-refractivity contribution >= 4 is 217 Å². The lowest BCUT2D eigenvalue weighted by atomic mass is 9.28. The quantitative estimate of drug-likeness (QED) is 0.160. The molecule has 9 heterocycles. The Morgan fingerprint density at radius 3 is 0.737 bits per heavy atom. The maximum atomic E-state index is 12.5. The smallest absolute Gasteiger partial charge is 0.252 e. The zero-order valence-corrected chi connectivity index (χ0v) is 53.0. The van der Waals surface area contributed by atoms with Crippen molar-refractivity contribution in [2.45, 2.75) is 0 Å². The van der Waals surface area contributed by atoms with Gasteiger partial charge in [-0.3, -0.25) is 0 Å². The fourth-order valence-corrected chi connectivity index (χ4v) is 19.1. The van der Waals surface area contributed by atoms with Crippen molar-refractivity contribution in [3.63, 3.8) is 0 Å². The number of hydrogen-bond donors (Lipinski definition) is 0. The molecule has 13 heteroatoms. The Hall–Kier alpha value is -13.1. The molecular weight excluding hydrogens is 1200 g/mol. The molecule has 0 aliphatic carbocycles. The van der Waals surface area contributed by atoms with Gasteiger partial charge in [-0.15, -0.1) is 0 Å². The van der Waals surface area contributed by atoms with E-state index >= 15 is 0 Å². The van der Waals surface area contributed by atoms with Crippen LogP contribution < -0.4 is 95.0 Å². The Kier molecular flexibility index (Phi) is 10.4. The molecule has 0 saturated heterocycles. The minimum absolute atomic E-state index is 0.180. The summed E-state index contributed by atoms with van der Waals surface area (Å²) in [7, 11) is 0. The van der Waals surface area contributed by atoms with Crippen LogP contribution in [0.25, 0.3) is 21.9 Å². The molecule has 1 aromatic heterocycles. The molecular formula is C86H48B4N8O. The van der Waals surface area contributed by atoms with Crippen LogP contribution >= 0.6 is 0 Å². The van der Waals surface area contributed by atoms with Crippen LogP contribution in [0.3, 0.4) is 0 Å². The number of para-hydroxylation sites is 10. The van der Waals surface area contributed by atoms with E-state index in [1.165, 1.54) is 21.9 Å². The molecule has 0 radical (unpaired) electrons. The summed E-state index contributed by atoms with van der Waals surface area (Å²) in [6, 6.07) is 111. The number of nitrogens with zero attached hydrogens (tertiary/aromatic N) is 8. The summed E-state index contributed by atoms with van der Waals surface area (Å²) in [4.78, 5) is 14.5. The fraction of sp³-hybridized carbons (Fsp3) is 0. The van der Waals surface area contributed by atoms with Gasteiger partial charge in [0.05, 0.1) is 33.9 Å². The van der Waals surface area contributed by atoms with Gasteiger partial charge in [0.2, 0.25) is 0 Å². The van der Waals surface area contributed by atoms with E-state index in [1.54, 1.807) is 0 Å². The molecule has 0 unspecified atom stereocenters. The Morgan fingerprint density at radius 2 is 0.465 bits per heavy atom. The van der Waals surface area contributed by atoms with Gasteiger partial charge in [0.1, 0.15) is 23.3 Å². The first-order chi connectivity index (χ1) is 49.1. The lowest BCUT2D eigenvalue weighted by molar-refractivity contribution is 0.669. The summed E-state index contributed by atoms with van der Waals surface area (Å²) < 4.78 is 7.55. The SMILES string of the molecule is N#Cc1c2c3c4c5c1N(c1ccccc1)c1cc6oc7cc8c(cc7c6cc1B5c1ccccc1N4c1ccccc1B3c1ccccc1N2c1ccccc1)B1c2ccccc2N2c3ccccc3B3c4ccccc4N(c4ccccc4)c4c(C#N)c(c1c2c43)N8c1ccccc1. The van der Waals surface area contributed by atoms with Gasteiger partial charge in [0.15, 0.2) is 0 Å². The molecule has 23 rings (SSSR count). The normalized spacial score (nSPS) is 14.2. The van der Waals surface area contributed by atoms with Crippen LogP contribution in [0.15, 0.2) is 296 Å². The summed E-state index contributed by atoms with van der Waals surface area (Å²) in [5.74, 6) is 0. The van der Waals surface area contributed by atoms with Crippen molar-refractivity contribution in [1.82, 2.24) is 0 Å². The van der Waals surface area contributed by atoms with Gasteiger partial charge in [0.25, 0.3) is 26.9 Å². The zero-order valence-electron chi connectivity index (χ0n) is 53.0. The minimum atomic E-state index is -0.313. The Balaban J connectivity index is 0.833. The summed E-state index contributed by atoms with van der Waals surface area (Å²) in [6.45, 7) is -0.985. The average Bonchev–Trinajstić information content (AvgIpc) is 1.04. The first-order valence-corrected chi connectivity index (χ1v) is 34.0. The van der Waals surface area contributed by atoms with Gasteiger partial charge in [-0.2, -0.15) is 10.5 Å². The largest absolute Gasteiger partial charge is 0.456 e. The molecule has 14 aromatic carbocycles. The molecule has 0 bridgehead atoms. The lowest BCUT2D eigenvalue weighted by Crippen LogP contribution is -2.69. The van der Waals surface area contributed by atoms with Crippen LogP contribution in [0.1, 0.15) is 11.1 Å². The van der Waals surface area contributed by atoms with Crippen LogP contribution in [-0.4, -0.2) is 26.9 Å². The highest BCUT2D eigenvalue weighted by Crippen LogP contribution is 2.56. The van der Waals surface area contributed by atoms with Gasteiger partial charge in [-0.05, 0) is 150 Å². The molecule has 0 saturated carbocycles. The van der Waals surface area contributed by atoms with Crippen LogP contribution in [0, 0.1) is 22.7 Å². The molecule has 0 amide bonds. The van der Waals surface area contributed by atoms with Crippen LogP contribution in [-0.2, 0) is 0 Å². The molecule has 9 nitrogen and oxygen atoms in total. The Labute approximate surface area is 572 Å². The third-order valence-corrected chi connectivity index (χ3v) is 22.6. The van der Waals surface area contributed by atoms with Gasteiger partial charge in [0, 0.05) is 103 Å². The van der Waals surface area contributed by atoms with Gasteiger partial charge >= 0.3 is 0 Å². The Morgan fingerprint density at radius 1 is 0.232 bits per heavy atom. The van der Waals surface area contributed by atoms with E-state index < -0.39 is 0 Å². The first-order valence-electron chi connectivity index (χ1n) is 34.0. The molecule has 0 atom stereocenters. The second-order valence-electron chi connectivity index (χ2n) is 27.1. The summed E-state index contributed by atoms with van der Waals surface area (Å²) in [6.07, 6.45) is 0. The van der Waals surface area contributed by atoms with Crippen molar-refractivity contribution in [2.24, 2.45) is 0 Å². The average molecular weight is 1250 g/mol. The second-order valence-corrected chi connectivity index (χ2v) is 27.1. The van der Waals surface area contributed by atoms with E-state index in [0.717, 1.165) is 168 Å². The third kappa shape index (κ3) is 6.62. The number of hydrogen-bond acceptors (Lipinski definition) is 9. The van der Waals surface area contributed by atoms with E-state index in [2.05, 4.69) is 333 Å². The standard InChI is InChI=1S/C86H48B4N8O/c91-49-57-81-77-85-79-83(57)95(53-29-9-3-10-30-53)73-47-75-55(45-65(73)89(79)63-37-17-23-43-71(63)97(85)69-41-21-15-35-61(69)87(77)59-33-13-19-39-67(59)93(81)51-25-5-1-6-26-51)56-46-66-74(48-76(56)99-75)96(54-31-11-4-12-32-54)84-58(50-92)82-78-86-80(84)90(66)64-38-18-24-44-72(64)98(86)70-42-22-16-36-62(70)88(78)60-34-14-20-40-68(60)94(82)52-27-7-2-8-28-52/h1-48H. The molecule has 99 heavy (non-hydrogen) atoms. The predicted molar refractivity (Wildman–Crippen MR) is 410 cm³/mol. The first kappa shape index (κ1) is 53.2. The minimum Gasteiger partial charge on any atom is -0.456 e. The maximum Gasteiger partial charge on any atom is 0.252 e. The number of furan rings is 1. The van der Waals surface area contributed by atoms with Crippen molar-refractivity contribution < 1.29 is 4.42 Å². The molecule has 8 aliphatic heterocycles. The molecule has 0 spiro atoms. The van der Waals surface area contributed by atoms with Crippen molar-refractivity contribution in [2.75, 3.05) is 29.4 Å². The molecule has 15 aromatic rings. The molecule has 450 valence electrons. The van der Waals surface area contributed by atoms with Gasteiger partial charge < -0.3 is 33.8 Å². The van der Waals surface area contributed by atoms with E-state index in [-0.39, 0.29) is 26.9 Å². The monoisotopic (exact) mass is 1250 g/mol. The highest BCUT2D eigenvalue weighted by Gasteiger charge is 2.56. The number of benzene rings is 14. The van der Waals surface area contributed by atoms with Crippen LogP contribution in [0.2, 0.25) is 0 Å². The highest BCUT2D eigenvalue weighted by molar-refractivity contribution is 7.06. The van der Waals surface area contributed by atoms with Crippen molar-refractivity contribution in [1.29, 1.82) is 10.5 Å². The predicted octanol–water partition coefficient (Wildman–Crippen LogP) is 12.7. The van der Waals surface area contributed by atoms with E-state index in [9.17, 15) is 10.5 Å². The van der Waals surface area contributed by atoms with Gasteiger partial charge in [-0.25, -0.2) is 0 Å². The summed E-state index contributed by atoms with van der Waals surface area (Å²) in [5.41, 5.74) is 34.6. The summed E-state index contributed by atoms with van der Waals surface area (Å²) >= 11 is 0. The van der Waals surface area contributed by atoms with Crippen LogP contribution in [0.5, 0.6) is 0 Å².